The molecule has 10 heteroatoms. The lowest BCUT2D eigenvalue weighted by Gasteiger charge is -2.20. The molecule has 2 rings (SSSR count). The number of halogens is 3. The number of sulfone groups is 1. The van der Waals surface area contributed by atoms with Crippen molar-refractivity contribution in [3.8, 4) is 0 Å². The molecule has 0 aliphatic carbocycles. The van der Waals surface area contributed by atoms with Gasteiger partial charge in [0.25, 0.3) is 0 Å². The van der Waals surface area contributed by atoms with Gasteiger partial charge in [0.1, 0.15) is 5.25 Å². The van der Waals surface area contributed by atoms with Crippen LogP contribution < -0.4 is 5.32 Å². The average Bonchev–Trinajstić information content (AvgIpc) is 3.02. The third kappa shape index (κ3) is 5.36. The molecule has 2 aromatic rings. The summed E-state index contributed by atoms with van der Waals surface area (Å²) in [6.45, 7) is 9.00. The van der Waals surface area contributed by atoms with Gasteiger partial charge in [-0.2, -0.15) is 13.2 Å². The average molecular weight is 449 g/mol. The first-order valence-electron chi connectivity index (χ1n) is 8.82. The van der Waals surface area contributed by atoms with Crippen molar-refractivity contribution in [2.24, 2.45) is 5.92 Å². The maximum absolute atomic E-state index is 13.0. The number of nitrogens with one attached hydrogen (secondary N) is 1. The van der Waals surface area contributed by atoms with E-state index in [0.717, 1.165) is 17.8 Å². The quantitative estimate of drug-likeness (QED) is 0.706. The van der Waals surface area contributed by atoms with E-state index in [0.29, 0.717) is 12.1 Å². The molecule has 0 radical (unpaired) electrons. The van der Waals surface area contributed by atoms with Crippen molar-refractivity contribution in [1.29, 1.82) is 0 Å². The molecule has 1 atom stereocenters. The Balaban J connectivity index is 2.32. The predicted octanol–water partition coefficient (Wildman–Crippen LogP) is 4.90. The largest absolute Gasteiger partial charge is 0.416 e. The molecule has 1 N–H and O–H groups in total. The van der Waals surface area contributed by atoms with Crippen LogP contribution in [0.25, 0.3) is 0 Å². The van der Waals surface area contributed by atoms with Crippen molar-refractivity contribution in [2.75, 3.05) is 5.32 Å². The number of amides is 1. The number of carbonyl (C=O) groups is 1. The molecule has 0 aliphatic rings. The summed E-state index contributed by atoms with van der Waals surface area (Å²) in [6.07, 6.45) is -4.58. The van der Waals surface area contributed by atoms with Gasteiger partial charge in [-0.25, -0.2) is 13.4 Å². The van der Waals surface area contributed by atoms with Crippen LogP contribution in [0.2, 0.25) is 0 Å². The van der Waals surface area contributed by atoms with E-state index in [1.54, 1.807) is 19.2 Å². The Labute approximate surface area is 172 Å². The van der Waals surface area contributed by atoms with Crippen LogP contribution in [0, 0.1) is 5.92 Å². The van der Waals surface area contributed by atoms with Crippen LogP contribution in [0.1, 0.15) is 45.9 Å². The second-order valence-electron chi connectivity index (χ2n) is 8.01. The number of benzene rings is 1. The number of nitrogens with zero attached hydrogens (tertiary/aromatic N) is 1. The highest BCUT2D eigenvalue weighted by atomic mass is 32.2. The van der Waals surface area contributed by atoms with Crippen LogP contribution >= 0.6 is 11.3 Å². The Hall–Kier alpha value is -1.94. The topological polar surface area (TPSA) is 76.1 Å². The van der Waals surface area contributed by atoms with Crippen LogP contribution in [0.3, 0.4) is 0 Å². The lowest BCUT2D eigenvalue weighted by Crippen LogP contribution is -2.39. The summed E-state index contributed by atoms with van der Waals surface area (Å²) in [4.78, 5) is 16.7. The van der Waals surface area contributed by atoms with E-state index in [2.05, 4.69) is 10.3 Å². The minimum absolute atomic E-state index is 0.233. The highest BCUT2D eigenvalue weighted by molar-refractivity contribution is 7.92. The Bertz CT molecular complexity index is 973. The Kier molecular flexibility index (Phi) is 6.49. The Morgan fingerprint density at radius 2 is 1.66 bits per heavy atom. The molecule has 0 saturated heterocycles. The van der Waals surface area contributed by atoms with Gasteiger partial charge in [0.05, 0.1) is 16.2 Å². The van der Waals surface area contributed by atoms with Gasteiger partial charge in [0.15, 0.2) is 15.0 Å². The molecule has 160 valence electrons. The molecule has 0 bridgehead atoms. The first kappa shape index (κ1) is 23.3. The number of thiazole rings is 1. The van der Waals surface area contributed by atoms with Gasteiger partial charge in [-0.3, -0.25) is 4.79 Å². The monoisotopic (exact) mass is 448 g/mol. The number of hydrogen-bond acceptors (Lipinski definition) is 5. The summed E-state index contributed by atoms with van der Waals surface area (Å²) in [5.41, 5.74) is -0.438. The lowest BCUT2D eigenvalue weighted by molar-refractivity contribution is -0.137. The molecule has 5 nitrogen and oxygen atoms in total. The van der Waals surface area contributed by atoms with Crippen LogP contribution in [-0.2, 0) is 26.2 Å². The number of rotatable bonds is 5. The molecule has 1 heterocycles. The van der Waals surface area contributed by atoms with E-state index in [4.69, 9.17) is 0 Å². The molecule has 29 heavy (non-hydrogen) atoms. The minimum atomic E-state index is -4.58. The fourth-order valence-corrected chi connectivity index (χ4v) is 5.44. The van der Waals surface area contributed by atoms with Crippen molar-refractivity contribution in [3.63, 3.8) is 0 Å². The summed E-state index contributed by atoms with van der Waals surface area (Å²) in [7, 11) is -4.21. The van der Waals surface area contributed by atoms with Crippen LogP contribution in [-0.4, -0.2) is 24.6 Å². The van der Waals surface area contributed by atoms with Crippen LogP contribution in [0.4, 0.5) is 18.3 Å². The van der Waals surface area contributed by atoms with Gasteiger partial charge < -0.3 is 5.32 Å². The fraction of sp³-hybridized carbons (Fsp3) is 0.474. The summed E-state index contributed by atoms with van der Waals surface area (Å²) in [5, 5.41) is 3.12. The van der Waals surface area contributed by atoms with E-state index in [-0.39, 0.29) is 15.4 Å². The van der Waals surface area contributed by atoms with Gasteiger partial charge in [-0.1, -0.05) is 34.6 Å². The number of anilines is 1. The molecular formula is C19H23F3N2O3S2. The predicted molar refractivity (Wildman–Crippen MR) is 107 cm³/mol. The summed E-state index contributed by atoms with van der Waals surface area (Å²) < 4.78 is 64.2. The van der Waals surface area contributed by atoms with E-state index in [1.165, 1.54) is 11.3 Å². The molecule has 0 aliphatic heterocycles. The van der Waals surface area contributed by atoms with Crippen molar-refractivity contribution in [1.82, 2.24) is 4.98 Å². The second kappa shape index (κ2) is 8.06. The number of alkyl halides is 3. The van der Waals surface area contributed by atoms with Gasteiger partial charge in [0, 0.05) is 10.8 Å². The van der Waals surface area contributed by atoms with Crippen molar-refractivity contribution in [3.05, 3.63) is 40.9 Å². The maximum Gasteiger partial charge on any atom is 0.416 e. The van der Waals surface area contributed by atoms with E-state index in [9.17, 15) is 26.4 Å². The maximum atomic E-state index is 13.0. The highest BCUT2D eigenvalue weighted by Crippen LogP contribution is 2.32. The van der Waals surface area contributed by atoms with E-state index in [1.807, 2.05) is 20.8 Å². The molecule has 1 amide bonds. The minimum Gasteiger partial charge on any atom is -0.301 e. The van der Waals surface area contributed by atoms with Gasteiger partial charge in [0.2, 0.25) is 5.91 Å². The summed E-state index contributed by atoms with van der Waals surface area (Å²) in [5.74, 6) is -1.38. The van der Waals surface area contributed by atoms with Crippen molar-refractivity contribution < 1.29 is 26.4 Å². The summed E-state index contributed by atoms with van der Waals surface area (Å²) >= 11 is 1.18. The molecule has 0 fully saturated rings. The third-order valence-corrected chi connectivity index (χ3v) is 7.33. The molecule has 0 spiro atoms. The number of hydrogen-bond donors (Lipinski definition) is 1. The van der Waals surface area contributed by atoms with Gasteiger partial charge >= 0.3 is 6.18 Å². The van der Waals surface area contributed by atoms with E-state index < -0.39 is 38.7 Å². The fourth-order valence-electron chi connectivity index (χ4n) is 2.63. The first-order chi connectivity index (χ1) is 13.1. The van der Waals surface area contributed by atoms with Gasteiger partial charge in [-0.15, -0.1) is 11.3 Å². The third-order valence-electron chi connectivity index (χ3n) is 4.21. The molecule has 1 aromatic carbocycles. The first-order valence-corrected chi connectivity index (χ1v) is 11.2. The standard InChI is InChI=1S/C19H23F3N2O3S2/c1-11(2)15(16(25)24-17-23-14(10-28-17)18(3,4)5)29(26,27)13-8-6-12(7-9-13)19(20,21)22/h6-11,15H,1-5H3,(H,23,24,25). The Morgan fingerprint density at radius 3 is 2.07 bits per heavy atom. The zero-order valence-electron chi connectivity index (χ0n) is 16.7. The second-order valence-corrected chi connectivity index (χ2v) is 10.9. The zero-order chi connectivity index (χ0) is 22.2. The van der Waals surface area contributed by atoms with E-state index >= 15 is 0 Å². The normalized spacial score (nSPS) is 14.1. The van der Waals surface area contributed by atoms with Crippen molar-refractivity contribution in [2.45, 2.75) is 56.4 Å². The SMILES string of the molecule is CC(C)C(C(=O)Nc1nc(C(C)(C)C)cs1)S(=O)(=O)c1ccc(C(F)(F)F)cc1. The number of carbonyl (C=O) groups excluding carboxylic acids is 1. The summed E-state index contributed by atoms with van der Waals surface area (Å²) in [6, 6.07) is 3.14. The molecule has 0 saturated carbocycles. The van der Waals surface area contributed by atoms with Crippen molar-refractivity contribution >= 4 is 32.2 Å². The number of aromatic nitrogens is 1. The highest BCUT2D eigenvalue weighted by Gasteiger charge is 2.38. The smallest absolute Gasteiger partial charge is 0.301 e. The molecule has 1 unspecified atom stereocenters. The van der Waals surface area contributed by atoms with Crippen LogP contribution in [0.5, 0.6) is 0 Å². The van der Waals surface area contributed by atoms with Crippen LogP contribution in [0.15, 0.2) is 34.5 Å². The molecular weight excluding hydrogens is 425 g/mol. The molecule has 1 aromatic heterocycles. The Morgan fingerprint density at radius 1 is 1.10 bits per heavy atom. The zero-order valence-corrected chi connectivity index (χ0v) is 18.3. The lowest BCUT2D eigenvalue weighted by atomic mass is 9.93. The van der Waals surface area contributed by atoms with Gasteiger partial charge in [-0.05, 0) is 30.2 Å².